The van der Waals surface area contributed by atoms with Gasteiger partial charge in [-0.3, -0.25) is 4.98 Å². The highest BCUT2D eigenvalue weighted by Crippen LogP contribution is 2.28. The number of ether oxygens (including phenoxy) is 2. The van der Waals surface area contributed by atoms with Crippen molar-refractivity contribution < 1.29 is 9.47 Å². The lowest BCUT2D eigenvalue weighted by Gasteiger charge is -2.28. The second kappa shape index (κ2) is 12.5. The SMILES string of the molecule is COc1cc(Nc2cc(N(C)CC3CCNCC3)ncn2)cc(OC)c1.c1ccncc1. The molecule has 2 aromatic heterocycles. The van der Waals surface area contributed by atoms with Crippen molar-refractivity contribution in [3.8, 4) is 11.5 Å². The number of nitrogens with one attached hydrogen (secondary N) is 2. The summed E-state index contributed by atoms with van der Waals surface area (Å²) in [5.41, 5.74) is 0.854. The number of piperidine rings is 1. The van der Waals surface area contributed by atoms with Crippen LogP contribution in [0.4, 0.5) is 17.3 Å². The molecule has 3 heterocycles. The number of hydrogen-bond acceptors (Lipinski definition) is 8. The second-order valence-corrected chi connectivity index (χ2v) is 7.59. The van der Waals surface area contributed by atoms with Gasteiger partial charge in [0.15, 0.2) is 0 Å². The third-order valence-corrected chi connectivity index (χ3v) is 5.22. The summed E-state index contributed by atoms with van der Waals surface area (Å²) in [6, 6.07) is 13.3. The monoisotopic (exact) mass is 436 g/mol. The predicted molar refractivity (Wildman–Crippen MR) is 128 cm³/mol. The topological polar surface area (TPSA) is 84.4 Å². The van der Waals surface area contributed by atoms with E-state index >= 15 is 0 Å². The molecule has 8 heteroatoms. The van der Waals surface area contributed by atoms with E-state index in [-0.39, 0.29) is 0 Å². The normalized spacial score (nSPS) is 13.5. The molecule has 1 saturated heterocycles. The molecule has 0 unspecified atom stereocenters. The van der Waals surface area contributed by atoms with E-state index in [0.717, 1.165) is 48.5 Å². The predicted octanol–water partition coefficient (Wildman–Crippen LogP) is 3.75. The summed E-state index contributed by atoms with van der Waals surface area (Å²) in [5.74, 6) is 3.81. The highest BCUT2D eigenvalue weighted by molar-refractivity contribution is 5.63. The smallest absolute Gasteiger partial charge is 0.135 e. The first kappa shape index (κ1) is 23.3. The molecule has 1 aliphatic heterocycles. The van der Waals surface area contributed by atoms with Crippen LogP contribution in [0.15, 0.2) is 61.2 Å². The lowest BCUT2D eigenvalue weighted by Crippen LogP contribution is -2.34. The van der Waals surface area contributed by atoms with Crippen LogP contribution in [0.25, 0.3) is 0 Å². The van der Waals surface area contributed by atoms with Crippen LogP contribution in [0.3, 0.4) is 0 Å². The van der Waals surface area contributed by atoms with Gasteiger partial charge in [-0.1, -0.05) is 6.07 Å². The van der Waals surface area contributed by atoms with E-state index < -0.39 is 0 Å². The zero-order valence-electron chi connectivity index (χ0n) is 19.0. The molecule has 0 aliphatic carbocycles. The van der Waals surface area contributed by atoms with Crippen molar-refractivity contribution in [3.63, 3.8) is 0 Å². The van der Waals surface area contributed by atoms with Gasteiger partial charge in [-0.15, -0.1) is 0 Å². The Hall–Kier alpha value is -3.39. The van der Waals surface area contributed by atoms with E-state index in [1.807, 2.05) is 42.5 Å². The standard InChI is InChI=1S/C19H27N5O2.C5H5N/c1-24(12-14-4-6-20-7-5-14)19-11-18(21-13-22-19)23-15-8-16(25-2)10-17(9-15)26-3;1-2-4-6-5-3-1/h8-11,13-14,20H,4-7,12H2,1-3H3,(H,21,22,23);1-5H. The first-order valence-electron chi connectivity index (χ1n) is 10.8. The minimum atomic E-state index is 0.704. The molecule has 1 fully saturated rings. The third-order valence-electron chi connectivity index (χ3n) is 5.22. The Bertz CT molecular complexity index is 886. The zero-order valence-corrected chi connectivity index (χ0v) is 19.0. The van der Waals surface area contributed by atoms with E-state index in [1.54, 1.807) is 32.9 Å². The maximum atomic E-state index is 5.32. The molecule has 1 aromatic carbocycles. The first-order valence-corrected chi connectivity index (χ1v) is 10.8. The van der Waals surface area contributed by atoms with Crippen LogP contribution in [-0.4, -0.2) is 55.9 Å². The Kier molecular flexibility index (Phi) is 9.06. The Morgan fingerprint density at radius 3 is 2.22 bits per heavy atom. The summed E-state index contributed by atoms with van der Waals surface area (Å²) in [6.45, 7) is 3.21. The highest BCUT2D eigenvalue weighted by atomic mass is 16.5. The van der Waals surface area contributed by atoms with Gasteiger partial charge in [-0.2, -0.15) is 0 Å². The molecule has 0 bridgehead atoms. The van der Waals surface area contributed by atoms with Crippen molar-refractivity contribution in [2.24, 2.45) is 5.92 Å². The summed E-state index contributed by atoms with van der Waals surface area (Å²) in [4.78, 5) is 14.7. The fraction of sp³-hybridized carbons (Fsp3) is 0.375. The Labute approximate surface area is 190 Å². The van der Waals surface area contributed by atoms with Crippen LogP contribution in [0.1, 0.15) is 12.8 Å². The maximum Gasteiger partial charge on any atom is 0.135 e. The van der Waals surface area contributed by atoms with Crippen molar-refractivity contribution in [1.82, 2.24) is 20.3 Å². The van der Waals surface area contributed by atoms with Crippen molar-refractivity contribution >= 4 is 17.3 Å². The van der Waals surface area contributed by atoms with Gasteiger partial charge >= 0.3 is 0 Å². The summed E-state index contributed by atoms with van der Waals surface area (Å²) >= 11 is 0. The largest absolute Gasteiger partial charge is 0.497 e. The van der Waals surface area contributed by atoms with E-state index in [2.05, 4.69) is 37.5 Å². The Morgan fingerprint density at radius 1 is 0.969 bits per heavy atom. The number of pyridine rings is 1. The molecule has 2 N–H and O–H groups in total. The molecule has 1 aliphatic rings. The fourth-order valence-electron chi connectivity index (χ4n) is 3.51. The lowest BCUT2D eigenvalue weighted by molar-refractivity contribution is 0.377. The van der Waals surface area contributed by atoms with Gasteiger partial charge in [-0.25, -0.2) is 9.97 Å². The molecule has 170 valence electrons. The maximum absolute atomic E-state index is 5.32. The molecule has 3 aromatic rings. The van der Waals surface area contributed by atoms with E-state index in [4.69, 9.17) is 9.47 Å². The highest BCUT2D eigenvalue weighted by Gasteiger charge is 2.16. The van der Waals surface area contributed by atoms with Gasteiger partial charge in [0.05, 0.1) is 14.2 Å². The lowest BCUT2D eigenvalue weighted by atomic mass is 9.98. The third kappa shape index (κ3) is 7.39. The molecule has 8 nitrogen and oxygen atoms in total. The average molecular weight is 437 g/mol. The summed E-state index contributed by atoms with van der Waals surface area (Å²) < 4.78 is 10.6. The minimum absolute atomic E-state index is 0.704. The number of aromatic nitrogens is 3. The van der Waals surface area contributed by atoms with Crippen molar-refractivity contribution in [2.45, 2.75) is 12.8 Å². The number of anilines is 3. The van der Waals surface area contributed by atoms with Crippen LogP contribution in [0.2, 0.25) is 0 Å². The summed E-state index contributed by atoms with van der Waals surface area (Å²) in [7, 11) is 5.36. The number of nitrogens with zero attached hydrogens (tertiary/aromatic N) is 4. The van der Waals surface area contributed by atoms with Crippen LogP contribution < -0.4 is 25.0 Å². The van der Waals surface area contributed by atoms with E-state index in [0.29, 0.717) is 5.92 Å². The van der Waals surface area contributed by atoms with Gasteiger partial charge < -0.3 is 25.0 Å². The van der Waals surface area contributed by atoms with Crippen LogP contribution in [0, 0.1) is 5.92 Å². The minimum Gasteiger partial charge on any atom is -0.497 e. The van der Waals surface area contributed by atoms with E-state index in [9.17, 15) is 0 Å². The molecular weight excluding hydrogens is 404 g/mol. The van der Waals surface area contributed by atoms with Crippen molar-refractivity contribution in [2.75, 3.05) is 51.1 Å². The number of methoxy groups -OCH3 is 2. The molecule has 0 atom stereocenters. The summed E-state index contributed by atoms with van der Waals surface area (Å²) in [5, 5.41) is 6.71. The molecule has 4 rings (SSSR count). The van der Waals surface area contributed by atoms with Crippen LogP contribution in [0.5, 0.6) is 11.5 Å². The zero-order chi connectivity index (χ0) is 22.6. The number of hydrogen-bond donors (Lipinski definition) is 2. The number of benzene rings is 1. The summed E-state index contributed by atoms with van der Waals surface area (Å²) in [6.07, 6.45) is 7.52. The van der Waals surface area contributed by atoms with Gasteiger partial charge in [0.1, 0.15) is 29.5 Å². The van der Waals surface area contributed by atoms with Crippen LogP contribution in [-0.2, 0) is 0 Å². The van der Waals surface area contributed by atoms with Gasteiger partial charge in [-0.05, 0) is 44.0 Å². The molecule has 0 radical (unpaired) electrons. The number of rotatable bonds is 7. The quantitative estimate of drug-likeness (QED) is 0.579. The molecule has 0 amide bonds. The first-order chi connectivity index (χ1) is 15.7. The van der Waals surface area contributed by atoms with Crippen molar-refractivity contribution in [3.05, 3.63) is 61.2 Å². The van der Waals surface area contributed by atoms with Crippen LogP contribution >= 0.6 is 0 Å². The van der Waals surface area contributed by atoms with Gasteiger partial charge in [0, 0.05) is 55.9 Å². The van der Waals surface area contributed by atoms with Gasteiger partial charge in [0.25, 0.3) is 0 Å². The van der Waals surface area contributed by atoms with Crippen molar-refractivity contribution in [1.29, 1.82) is 0 Å². The van der Waals surface area contributed by atoms with Gasteiger partial charge in [0.2, 0.25) is 0 Å². The molecule has 32 heavy (non-hydrogen) atoms. The molecule has 0 spiro atoms. The fourth-order valence-corrected chi connectivity index (χ4v) is 3.51. The van der Waals surface area contributed by atoms with E-state index in [1.165, 1.54) is 12.8 Å². The Morgan fingerprint density at radius 2 is 1.66 bits per heavy atom. The molecule has 0 saturated carbocycles. The molecular formula is C24H32N6O2. The second-order valence-electron chi connectivity index (χ2n) is 7.59. The Balaban J connectivity index is 0.000000416. The average Bonchev–Trinajstić information content (AvgIpc) is 2.86.